The van der Waals surface area contributed by atoms with Crippen molar-refractivity contribution in [2.24, 2.45) is 17.3 Å². The summed E-state index contributed by atoms with van der Waals surface area (Å²) in [6.45, 7) is 13.9. The Morgan fingerprint density at radius 2 is 1.81 bits per heavy atom. The molecule has 3 nitrogen and oxygen atoms in total. The first-order chi connectivity index (χ1) is 9.55. The number of nitrogens with zero attached hydrogens (tertiary/aromatic N) is 3. The van der Waals surface area contributed by atoms with Gasteiger partial charge in [0, 0.05) is 3.42 Å². The van der Waals surface area contributed by atoms with Crippen LogP contribution in [0.5, 0.6) is 0 Å². The highest BCUT2D eigenvalue weighted by atomic mass is 127. The van der Waals surface area contributed by atoms with Gasteiger partial charge in [0.1, 0.15) is 0 Å². The topological polar surface area (TPSA) is 30.7 Å². The summed E-state index contributed by atoms with van der Waals surface area (Å²) in [5.74, 6) is 1.72. The molecule has 0 amide bonds. The minimum absolute atomic E-state index is 0.0359. The maximum Gasteiger partial charge on any atom is 0.0859 e. The van der Waals surface area contributed by atoms with Gasteiger partial charge in [-0.3, -0.25) is 0 Å². The van der Waals surface area contributed by atoms with E-state index >= 15 is 0 Å². The van der Waals surface area contributed by atoms with Gasteiger partial charge in [-0.2, -0.15) is 0 Å². The van der Waals surface area contributed by atoms with Crippen molar-refractivity contribution < 1.29 is 0 Å². The normalized spacial score (nSPS) is 32.9. The van der Waals surface area contributed by atoms with Crippen molar-refractivity contribution >= 4 is 22.6 Å². The molecule has 1 aromatic rings. The Kier molecular flexibility index (Phi) is 3.51. The quantitative estimate of drug-likeness (QED) is 0.477. The van der Waals surface area contributed by atoms with E-state index < -0.39 is 0 Å². The highest BCUT2D eigenvalue weighted by Gasteiger charge is 2.65. The highest BCUT2D eigenvalue weighted by molar-refractivity contribution is 14.1. The lowest BCUT2D eigenvalue weighted by molar-refractivity contribution is 0.315. The number of halogens is 1. The zero-order chi connectivity index (χ0) is 15.6. The molecule has 118 valence electrons. The van der Waals surface area contributed by atoms with Gasteiger partial charge in [0.05, 0.1) is 16.9 Å². The van der Waals surface area contributed by atoms with Crippen molar-refractivity contribution in [1.82, 2.24) is 15.0 Å². The van der Waals surface area contributed by atoms with Crippen molar-refractivity contribution in [3.8, 4) is 0 Å². The Balaban J connectivity index is 1.88. The van der Waals surface area contributed by atoms with Crippen LogP contribution in [0.15, 0.2) is 0 Å². The van der Waals surface area contributed by atoms with Crippen molar-refractivity contribution in [1.29, 1.82) is 0 Å². The standard InChI is InChI=1S/C17H28IN3/c1-15(2,3)14-11-7-8-13-12(9-10-17(11,14)18)19-20-21(13)16(4,5)6/h11,14H,7-10H2,1-6H3. The van der Waals surface area contributed by atoms with Crippen LogP contribution < -0.4 is 0 Å². The molecular weight excluding hydrogens is 373 g/mol. The van der Waals surface area contributed by atoms with Gasteiger partial charge < -0.3 is 0 Å². The molecule has 4 heteroatoms. The van der Waals surface area contributed by atoms with E-state index in [0.717, 1.165) is 24.7 Å². The zero-order valence-corrected chi connectivity index (χ0v) is 16.4. The van der Waals surface area contributed by atoms with E-state index in [-0.39, 0.29) is 5.54 Å². The lowest BCUT2D eigenvalue weighted by atomic mass is 9.87. The molecule has 2 aliphatic carbocycles. The van der Waals surface area contributed by atoms with Gasteiger partial charge >= 0.3 is 0 Å². The average Bonchev–Trinajstić information content (AvgIpc) is 2.71. The Bertz CT molecular complexity index is 549. The summed E-state index contributed by atoms with van der Waals surface area (Å²) in [5, 5.41) is 8.95. The SMILES string of the molecule is CC(C)(C)C1C2CCc3c(nnn3C(C)(C)C)CCC21I. The second-order valence-corrected chi connectivity index (χ2v) is 11.0. The molecule has 0 spiro atoms. The first-order valence-corrected chi connectivity index (χ1v) is 9.26. The fourth-order valence-electron chi connectivity index (χ4n) is 4.47. The van der Waals surface area contributed by atoms with Crippen LogP contribution in [0.2, 0.25) is 0 Å². The van der Waals surface area contributed by atoms with E-state index in [9.17, 15) is 0 Å². The Morgan fingerprint density at radius 3 is 2.38 bits per heavy atom. The van der Waals surface area contributed by atoms with Gasteiger partial charge in [-0.15, -0.1) is 5.10 Å². The van der Waals surface area contributed by atoms with Crippen LogP contribution in [-0.4, -0.2) is 18.4 Å². The van der Waals surface area contributed by atoms with Gasteiger partial charge in [-0.05, 0) is 63.7 Å². The van der Waals surface area contributed by atoms with Gasteiger partial charge in [-0.1, -0.05) is 48.6 Å². The molecule has 2 aliphatic rings. The molecule has 0 aliphatic heterocycles. The van der Waals surface area contributed by atoms with Crippen LogP contribution in [0, 0.1) is 17.3 Å². The first kappa shape index (κ1) is 15.8. The summed E-state index contributed by atoms with van der Waals surface area (Å²) < 4.78 is 2.66. The monoisotopic (exact) mass is 401 g/mol. The molecular formula is C17H28IN3. The summed E-state index contributed by atoms with van der Waals surface area (Å²) in [7, 11) is 0. The van der Waals surface area contributed by atoms with Crippen molar-refractivity contribution in [3.63, 3.8) is 0 Å². The number of fused-ring (bicyclic) bond motifs is 2. The minimum Gasteiger partial charge on any atom is -0.244 e. The van der Waals surface area contributed by atoms with Gasteiger partial charge in [0.25, 0.3) is 0 Å². The van der Waals surface area contributed by atoms with Crippen LogP contribution in [0.3, 0.4) is 0 Å². The number of aromatic nitrogens is 3. The predicted octanol–water partition coefficient (Wildman–Crippen LogP) is 4.38. The molecule has 0 bridgehead atoms. The fourth-order valence-corrected chi connectivity index (χ4v) is 6.60. The lowest BCUT2D eigenvalue weighted by Crippen LogP contribution is -2.26. The summed E-state index contributed by atoms with van der Waals surface area (Å²) in [6.07, 6.45) is 4.79. The molecule has 1 fully saturated rings. The molecule has 3 atom stereocenters. The van der Waals surface area contributed by atoms with Crippen LogP contribution in [-0.2, 0) is 18.4 Å². The Morgan fingerprint density at radius 1 is 1.14 bits per heavy atom. The minimum atomic E-state index is 0.0359. The van der Waals surface area contributed by atoms with Crippen molar-refractivity contribution in [2.45, 2.75) is 76.2 Å². The van der Waals surface area contributed by atoms with E-state index in [1.165, 1.54) is 24.2 Å². The number of aryl methyl sites for hydroxylation is 1. The molecule has 1 saturated carbocycles. The van der Waals surface area contributed by atoms with Gasteiger partial charge in [0.15, 0.2) is 0 Å². The molecule has 3 rings (SSSR count). The molecule has 0 saturated heterocycles. The highest BCUT2D eigenvalue weighted by Crippen LogP contribution is 2.68. The van der Waals surface area contributed by atoms with Crippen LogP contribution in [0.1, 0.15) is 65.8 Å². The van der Waals surface area contributed by atoms with Crippen molar-refractivity contribution in [2.75, 3.05) is 0 Å². The third kappa shape index (κ3) is 2.55. The molecule has 0 aromatic carbocycles. The third-order valence-corrected chi connectivity index (χ3v) is 7.29. The zero-order valence-electron chi connectivity index (χ0n) is 14.2. The first-order valence-electron chi connectivity index (χ1n) is 8.18. The third-order valence-electron chi connectivity index (χ3n) is 5.28. The summed E-state index contributed by atoms with van der Waals surface area (Å²) in [4.78, 5) is 0. The molecule has 0 radical (unpaired) electrons. The molecule has 1 aromatic heterocycles. The molecule has 3 unspecified atom stereocenters. The number of alkyl halides is 1. The van der Waals surface area contributed by atoms with E-state index in [0.29, 0.717) is 8.84 Å². The van der Waals surface area contributed by atoms with E-state index in [1.54, 1.807) is 0 Å². The fraction of sp³-hybridized carbons (Fsp3) is 0.882. The largest absolute Gasteiger partial charge is 0.244 e. The number of hydrogen-bond donors (Lipinski definition) is 0. The van der Waals surface area contributed by atoms with E-state index in [4.69, 9.17) is 0 Å². The maximum atomic E-state index is 4.51. The van der Waals surface area contributed by atoms with Gasteiger partial charge in [-0.25, -0.2) is 4.68 Å². The smallest absolute Gasteiger partial charge is 0.0859 e. The van der Waals surface area contributed by atoms with Gasteiger partial charge in [0.2, 0.25) is 0 Å². The molecule has 0 N–H and O–H groups in total. The second kappa shape index (κ2) is 4.68. The molecule has 1 heterocycles. The van der Waals surface area contributed by atoms with E-state index in [2.05, 4.69) is 79.1 Å². The second-order valence-electron chi connectivity index (χ2n) is 8.98. The Labute approximate surface area is 142 Å². The Hall–Kier alpha value is -0.130. The van der Waals surface area contributed by atoms with Crippen LogP contribution in [0.25, 0.3) is 0 Å². The average molecular weight is 401 g/mol. The molecule has 21 heavy (non-hydrogen) atoms. The maximum absolute atomic E-state index is 4.51. The van der Waals surface area contributed by atoms with Crippen LogP contribution >= 0.6 is 22.6 Å². The number of hydrogen-bond acceptors (Lipinski definition) is 2. The number of rotatable bonds is 0. The van der Waals surface area contributed by atoms with Crippen molar-refractivity contribution in [3.05, 3.63) is 11.4 Å². The summed E-state index contributed by atoms with van der Waals surface area (Å²) in [5.41, 5.74) is 3.10. The summed E-state index contributed by atoms with van der Waals surface area (Å²) >= 11 is 2.76. The summed E-state index contributed by atoms with van der Waals surface area (Å²) in [6, 6.07) is 0. The lowest BCUT2D eigenvalue weighted by Gasteiger charge is -2.23. The van der Waals surface area contributed by atoms with E-state index in [1.807, 2.05) is 0 Å². The predicted molar refractivity (Wildman–Crippen MR) is 94.8 cm³/mol. The van der Waals surface area contributed by atoms with Crippen LogP contribution in [0.4, 0.5) is 0 Å².